The van der Waals surface area contributed by atoms with Crippen LogP contribution in [-0.2, 0) is 0 Å². The lowest BCUT2D eigenvalue weighted by Crippen LogP contribution is -2.36. The molecule has 0 aromatic carbocycles. The van der Waals surface area contributed by atoms with Crippen molar-refractivity contribution in [2.24, 2.45) is 0 Å². The highest BCUT2D eigenvalue weighted by Gasteiger charge is 2.16. The van der Waals surface area contributed by atoms with E-state index in [-0.39, 0.29) is 0 Å². The SMILES string of the molecule is CNc1nc(C)cc(NC2CCN(C)CC2)n1. The van der Waals surface area contributed by atoms with Crippen LogP contribution in [0.25, 0.3) is 0 Å². The van der Waals surface area contributed by atoms with Gasteiger partial charge in [0.25, 0.3) is 0 Å². The highest BCUT2D eigenvalue weighted by Crippen LogP contribution is 2.16. The first-order valence-corrected chi connectivity index (χ1v) is 6.16. The number of rotatable bonds is 3. The number of anilines is 2. The molecule has 2 rings (SSSR count). The maximum atomic E-state index is 4.42. The third kappa shape index (κ3) is 3.30. The first-order chi connectivity index (χ1) is 8.17. The molecule has 5 heteroatoms. The fourth-order valence-corrected chi connectivity index (χ4v) is 2.12. The standard InChI is InChI=1S/C12H21N5/c1-9-8-11(16-12(13-2)14-9)15-10-4-6-17(3)7-5-10/h8,10H,4-7H2,1-3H3,(H2,13,14,15,16). The summed E-state index contributed by atoms with van der Waals surface area (Å²) in [5.41, 5.74) is 0.986. The summed E-state index contributed by atoms with van der Waals surface area (Å²) in [6.07, 6.45) is 2.35. The van der Waals surface area contributed by atoms with E-state index in [1.165, 1.54) is 12.8 Å². The van der Waals surface area contributed by atoms with Gasteiger partial charge in [-0.2, -0.15) is 4.98 Å². The van der Waals surface area contributed by atoms with Crippen LogP contribution >= 0.6 is 0 Å². The molecule has 0 radical (unpaired) electrons. The van der Waals surface area contributed by atoms with Gasteiger partial charge in [0, 0.05) is 24.8 Å². The molecule has 0 unspecified atom stereocenters. The van der Waals surface area contributed by atoms with Crippen LogP contribution < -0.4 is 10.6 Å². The molecule has 0 amide bonds. The van der Waals surface area contributed by atoms with Gasteiger partial charge < -0.3 is 15.5 Å². The van der Waals surface area contributed by atoms with Crippen molar-refractivity contribution in [3.05, 3.63) is 11.8 Å². The zero-order chi connectivity index (χ0) is 12.3. The Labute approximate surface area is 103 Å². The van der Waals surface area contributed by atoms with Gasteiger partial charge in [-0.15, -0.1) is 0 Å². The number of nitrogens with zero attached hydrogens (tertiary/aromatic N) is 3. The Morgan fingerprint density at radius 2 is 2.00 bits per heavy atom. The lowest BCUT2D eigenvalue weighted by Gasteiger charge is -2.29. The summed E-state index contributed by atoms with van der Waals surface area (Å²) >= 11 is 0. The molecule has 1 saturated heterocycles. The fraction of sp³-hybridized carbons (Fsp3) is 0.667. The topological polar surface area (TPSA) is 53.1 Å². The van der Waals surface area contributed by atoms with Gasteiger partial charge in [-0.3, -0.25) is 0 Å². The predicted octanol–water partition coefficient (Wildman–Crippen LogP) is 1.33. The van der Waals surface area contributed by atoms with Gasteiger partial charge in [0.2, 0.25) is 5.95 Å². The molecule has 0 bridgehead atoms. The molecule has 17 heavy (non-hydrogen) atoms. The average molecular weight is 235 g/mol. The Bertz CT molecular complexity index is 371. The van der Waals surface area contributed by atoms with Crippen molar-refractivity contribution in [2.75, 3.05) is 37.8 Å². The predicted molar refractivity (Wildman–Crippen MR) is 70.5 cm³/mol. The quantitative estimate of drug-likeness (QED) is 0.828. The Hall–Kier alpha value is -1.36. The van der Waals surface area contributed by atoms with E-state index in [1.54, 1.807) is 0 Å². The van der Waals surface area contributed by atoms with Crippen LogP contribution in [0.5, 0.6) is 0 Å². The van der Waals surface area contributed by atoms with Gasteiger partial charge >= 0.3 is 0 Å². The van der Waals surface area contributed by atoms with Crippen LogP contribution in [0.15, 0.2) is 6.07 Å². The van der Waals surface area contributed by atoms with Crippen molar-refractivity contribution in [1.82, 2.24) is 14.9 Å². The largest absolute Gasteiger partial charge is 0.367 e. The Morgan fingerprint density at radius 3 is 2.65 bits per heavy atom. The van der Waals surface area contributed by atoms with E-state index >= 15 is 0 Å². The minimum Gasteiger partial charge on any atom is -0.367 e. The Balaban J connectivity index is 2.00. The summed E-state index contributed by atoms with van der Waals surface area (Å²) < 4.78 is 0. The van der Waals surface area contributed by atoms with E-state index in [9.17, 15) is 0 Å². The minimum atomic E-state index is 0.533. The van der Waals surface area contributed by atoms with Crippen molar-refractivity contribution in [3.8, 4) is 0 Å². The average Bonchev–Trinajstić information content (AvgIpc) is 2.31. The fourth-order valence-electron chi connectivity index (χ4n) is 2.12. The number of piperidine rings is 1. The van der Waals surface area contributed by atoms with Crippen molar-refractivity contribution in [2.45, 2.75) is 25.8 Å². The summed E-state index contributed by atoms with van der Waals surface area (Å²) in [5, 5.41) is 6.48. The number of nitrogens with one attached hydrogen (secondary N) is 2. The molecular formula is C12H21N5. The highest BCUT2D eigenvalue weighted by molar-refractivity contribution is 5.42. The van der Waals surface area contributed by atoms with E-state index in [1.807, 2.05) is 20.0 Å². The minimum absolute atomic E-state index is 0.533. The molecule has 1 aromatic rings. The van der Waals surface area contributed by atoms with Crippen LogP contribution in [0.1, 0.15) is 18.5 Å². The summed E-state index contributed by atoms with van der Waals surface area (Å²) in [4.78, 5) is 11.1. The third-order valence-corrected chi connectivity index (χ3v) is 3.15. The van der Waals surface area contributed by atoms with E-state index in [4.69, 9.17) is 0 Å². The molecule has 2 N–H and O–H groups in total. The van der Waals surface area contributed by atoms with Crippen molar-refractivity contribution in [3.63, 3.8) is 0 Å². The molecule has 0 spiro atoms. The Morgan fingerprint density at radius 1 is 1.29 bits per heavy atom. The first kappa shape index (κ1) is 12.1. The van der Waals surface area contributed by atoms with Crippen LogP contribution in [-0.4, -0.2) is 48.1 Å². The van der Waals surface area contributed by atoms with Crippen LogP contribution in [0.4, 0.5) is 11.8 Å². The maximum Gasteiger partial charge on any atom is 0.224 e. The highest BCUT2D eigenvalue weighted by atomic mass is 15.2. The number of likely N-dealkylation sites (tertiary alicyclic amines) is 1. The van der Waals surface area contributed by atoms with E-state index in [0.717, 1.165) is 24.6 Å². The first-order valence-electron chi connectivity index (χ1n) is 6.16. The second-order valence-corrected chi connectivity index (χ2v) is 4.69. The molecule has 1 aromatic heterocycles. The van der Waals surface area contributed by atoms with E-state index in [0.29, 0.717) is 12.0 Å². The van der Waals surface area contributed by atoms with Crippen LogP contribution in [0.3, 0.4) is 0 Å². The molecule has 1 fully saturated rings. The number of aromatic nitrogens is 2. The van der Waals surface area contributed by atoms with E-state index in [2.05, 4.69) is 32.5 Å². The molecule has 0 atom stereocenters. The van der Waals surface area contributed by atoms with E-state index < -0.39 is 0 Å². The summed E-state index contributed by atoms with van der Waals surface area (Å²) in [7, 11) is 4.01. The zero-order valence-corrected chi connectivity index (χ0v) is 10.8. The Kier molecular flexibility index (Phi) is 3.78. The van der Waals surface area contributed by atoms with Crippen LogP contribution in [0.2, 0.25) is 0 Å². The zero-order valence-electron chi connectivity index (χ0n) is 10.8. The number of aryl methyl sites for hydroxylation is 1. The summed E-state index contributed by atoms with van der Waals surface area (Å²) in [6, 6.07) is 2.53. The number of hydrogen-bond acceptors (Lipinski definition) is 5. The number of hydrogen-bond donors (Lipinski definition) is 2. The summed E-state index contributed by atoms with van der Waals surface area (Å²) in [5.74, 6) is 1.61. The maximum absolute atomic E-state index is 4.42. The van der Waals surface area contributed by atoms with Crippen molar-refractivity contribution < 1.29 is 0 Å². The van der Waals surface area contributed by atoms with Gasteiger partial charge in [-0.25, -0.2) is 4.98 Å². The lowest BCUT2D eigenvalue weighted by atomic mass is 10.1. The molecule has 0 saturated carbocycles. The van der Waals surface area contributed by atoms with Crippen LogP contribution in [0, 0.1) is 6.92 Å². The second kappa shape index (κ2) is 5.31. The van der Waals surface area contributed by atoms with Crippen molar-refractivity contribution >= 4 is 11.8 Å². The monoisotopic (exact) mass is 235 g/mol. The second-order valence-electron chi connectivity index (χ2n) is 4.69. The molecule has 2 heterocycles. The third-order valence-electron chi connectivity index (χ3n) is 3.15. The van der Waals surface area contributed by atoms with Gasteiger partial charge in [0.05, 0.1) is 0 Å². The lowest BCUT2D eigenvalue weighted by molar-refractivity contribution is 0.263. The normalized spacial score (nSPS) is 18.1. The molecule has 1 aliphatic heterocycles. The molecule has 94 valence electrons. The van der Waals surface area contributed by atoms with Gasteiger partial charge in [0.1, 0.15) is 5.82 Å². The molecule has 5 nitrogen and oxygen atoms in total. The van der Waals surface area contributed by atoms with Gasteiger partial charge in [-0.05, 0) is 39.9 Å². The van der Waals surface area contributed by atoms with Crippen molar-refractivity contribution in [1.29, 1.82) is 0 Å². The molecule has 1 aliphatic rings. The molecular weight excluding hydrogens is 214 g/mol. The summed E-state index contributed by atoms with van der Waals surface area (Å²) in [6.45, 7) is 4.30. The molecule has 0 aliphatic carbocycles. The van der Waals surface area contributed by atoms with Gasteiger partial charge in [-0.1, -0.05) is 0 Å². The smallest absolute Gasteiger partial charge is 0.224 e. The van der Waals surface area contributed by atoms with Gasteiger partial charge in [0.15, 0.2) is 0 Å².